The van der Waals surface area contributed by atoms with Crippen LogP contribution in [0.3, 0.4) is 0 Å². The van der Waals surface area contributed by atoms with E-state index in [2.05, 4.69) is 15.0 Å². The number of hydrogen-bond donors (Lipinski definition) is 4. The molecule has 0 aliphatic rings. The number of carboxylic acids is 3. The van der Waals surface area contributed by atoms with Gasteiger partial charge in [0.1, 0.15) is 5.52 Å². The average molecular weight is 602 g/mol. The van der Waals surface area contributed by atoms with E-state index in [1.54, 1.807) is 24.3 Å². The zero-order valence-corrected chi connectivity index (χ0v) is 22.7. The number of alkyl halides is 1. The van der Waals surface area contributed by atoms with Crippen molar-refractivity contribution >= 4 is 46.5 Å². The zero-order chi connectivity index (χ0) is 30.6. The van der Waals surface area contributed by atoms with E-state index in [1.807, 2.05) is 0 Å². The Morgan fingerprint density at radius 2 is 1.76 bits per heavy atom. The summed E-state index contributed by atoms with van der Waals surface area (Å²) < 4.78 is 27.1. The maximum Gasteiger partial charge on any atom is 0.348 e. The minimum absolute atomic E-state index is 0.0272. The Morgan fingerprint density at radius 3 is 2.38 bits per heavy atom. The first-order valence-corrected chi connectivity index (χ1v) is 12.7. The number of carbonyl (C=O) groups is 3. The average Bonchev–Trinajstić information content (AvgIpc) is 3.39. The molecule has 0 saturated heterocycles. The summed E-state index contributed by atoms with van der Waals surface area (Å²) in [6.45, 7) is -0.583. The normalized spacial score (nSPS) is 13.1. The Morgan fingerprint density at radius 1 is 1.07 bits per heavy atom. The van der Waals surface area contributed by atoms with Gasteiger partial charge in [0.05, 0.1) is 24.6 Å². The lowest BCUT2D eigenvalue weighted by molar-refractivity contribution is -0.188. The van der Waals surface area contributed by atoms with Crippen molar-refractivity contribution in [3.63, 3.8) is 0 Å². The molecular weight excluding hydrogens is 577 g/mol. The summed E-state index contributed by atoms with van der Waals surface area (Å²) in [6.07, 6.45) is -2.68. The summed E-state index contributed by atoms with van der Waals surface area (Å²) in [4.78, 5) is 47.5. The Balaban J connectivity index is 1.50. The Hall–Kier alpha value is -4.66. The van der Waals surface area contributed by atoms with Crippen molar-refractivity contribution in [1.29, 1.82) is 0 Å². The molecule has 0 saturated carbocycles. The smallest absolute Gasteiger partial charge is 0.348 e. The second kappa shape index (κ2) is 12.5. The summed E-state index contributed by atoms with van der Waals surface area (Å²) in [5.74, 6) is -4.66. The molecule has 42 heavy (non-hydrogen) atoms. The molecule has 4 aromatic rings. The number of nitrogens with two attached hydrogens (primary N) is 1. The van der Waals surface area contributed by atoms with Crippen molar-refractivity contribution < 1.29 is 43.6 Å². The predicted octanol–water partition coefficient (Wildman–Crippen LogP) is 3.47. The molecule has 0 radical (unpaired) electrons. The highest BCUT2D eigenvalue weighted by molar-refractivity contribution is 6.28. The number of fused-ring (bicyclic) bond motifs is 1. The maximum absolute atomic E-state index is 15.3. The SMILES string of the molecule is CO[C@H](COC(Cc1ccc(-c2cccc(C(=O)O)c2)cc1)(C(=O)O)C(=O)O)C[C@H](F)n1cnc2c(N)nc(Cl)nc21. The van der Waals surface area contributed by atoms with E-state index in [0.29, 0.717) is 16.7 Å². The first kappa shape index (κ1) is 30.3. The number of aromatic nitrogens is 4. The third-order valence-corrected chi connectivity index (χ3v) is 6.74. The Kier molecular flexibility index (Phi) is 8.99. The third-order valence-electron chi connectivity index (χ3n) is 6.57. The molecule has 220 valence electrons. The van der Waals surface area contributed by atoms with Crippen molar-refractivity contribution in [1.82, 2.24) is 19.5 Å². The molecule has 4 rings (SSSR count). The lowest BCUT2D eigenvalue weighted by atomic mass is 9.92. The molecular formula is C27H25ClFN5O8. The third kappa shape index (κ3) is 6.30. The molecule has 0 aliphatic heterocycles. The van der Waals surface area contributed by atoms with E-state index in [-0.39, 0.29) is 34.2 Å². The van der Waals surface area contributed by atoms with Crippen molar-refractivity contribution in [2.45, 2.75) is 30.8 Å². The lowest BCUT2D eigenvalue weighted by Gasteiger charge is -2.28. The number of anilines is 1. The number of nitrogens with zero attached hydrogens (tertiary/aromatic N) is 4. The van der Waals surface area contributed by atoms with Gasteiger partial charge in [0.2, 0.25) is 5.28 Å². The first-order chi connectivity index (χ1) is 19.9. The van der Waals surface area contributed by atoms with Crippen LogP contribution in [0.15, 0.2) is 54.9 Å². The highest BCUT2D eigenvalue weighted by Gasteiger charge is 2.49. The number of benzene rings is 2. The summed E-state index contributed by atoms with van der Waals surface area (Å²) in [6, 6.07) is 12.5. The van der Waals surface area contributed by atoms with E-state index >= 15 is 4.39 Å². The Bertz CT molecular complexity index is 1620. The molecule has 2 heterocycles. The van der Waals surface area contributed by atoms with Crippen LogP contribution in [-0.4, -0.2) is 78.2 Å². The van der Waals surface area contributed by atoms with Gasteiger partial charge in [-0.25, -0.2) is 23.8 Å². The number of nitrogen functional groups attached to an aromatic ring is 1. The summed E-state index contributed by atoms with van der Waals surface area (Å²) in [7, 11) is 1.24. The number of halogens is 2. The molecule has 15 heteroatoms. The largest absolute Gasteiger partial charge is 0.479 e. The van der Waals surface area contributed by atoms with Crippen LogP contribution in [-0.2, 0) is 25.5 Å². The van der Waals surface area contributed by atoms with Crippen LogP contribution in [0, 0.1) is 0 Å². The van der Waals surface area contributed by atoms with Crippen molar-refractivity contribution in [2.75, 3.05) is 19.5 Å². The van der Waals surface area contributed by atoms with E-state index in [4.69, 9.17) is 26.8 Å². The molecule has 0 bridgehead atoms. The van der Waals surface area contributed by atoms with Crippen LogP contribution in [0.1, 0.15) is 28.6 Å². The molecule has 0 fully saturated rings. The van der Waals surface area contributed by atoms with Crippen LogP contribution in [0.2, 0.25) is 5.28 Å². The summed E-state index contributed by atoms with van der Waals surface area (Å²) in [5.41, 5.74) is 4.83. The number of hydrogen-bond acceptors (Lipinski definition) is 9. The van der Waals surface area contributed by atoms with Crippen LogP contribution in [0.25, 0.3) is 22.3 Å². The minimum atomic E-state index is -2.72. The Labute approximate surface area is 242 Å². The molecule has 13 nitrogen and oxygen atoms in total. The second-order valence-corrected chi connectivity index (χ2v) is 9.58. The number of methoxy groups -OCH3 is 1. The molecule has 0 aliphatic carbocycles. The predicted molar refractivity (Wildman–Crippen MR) is 147 cm³/mol. The molecule has 2 atom stereocenters. The second-order valence-electron chi connectivity index (χ2n) is 9.24. The number of imidazole rings is 1. The highest BCUT2D eigenvalue weighted by Crippen LogP contribution is 2.28. The number of carboxylic acid groups (broad SMARTS) is 3. The molecule has 2 aromatic heterocycles. The standard InChI is InChI=1S/C27H25ClFN5O8/c1-41-18(10-19(29)34-13-31-20-21(30)32-26(28)33-22(20)34)12-42-27(24(37)38,25(39)40)11-14-5-7-15(8-6-14)16-3-2-4-17(9-16)23(35)36/h2-9,13,18-19H,10-12H2,1H3,(H,35,36)(H,37,38)(H,39,40)(H2,30,32,33)/t18-,19+/m0/s1. The van der Waals surface area contributed by atoms with Crippen LogP contribution >= 0.6 is 11.6 Å². The van der Waals surface area contributed by atoms with Gasteiger partial charge in [0, 0.05) is 20.0 Å². The van der Waals surface area contributed by atoms with Gasteiger partial charge in [0.25, 0.3) is 5.60 Å². The van der Waals surface area contributed by atoms with E-state index < -0.39 is 48.9 Å². The summed E-state index contributed by atoms with van der Waals surface area (Å²) in [5, 5.41) is 28.9. The molecule has 0 amide bonds. The monoisotopic (exact) mass is 601 g/mol. The number of ether oxygens (including phenoxy) is 2. The van der Waals surface area contributed by atoms with Crippen LogP contribution in [0.5, 0.6) is 0 Å². The zero-order valence-electron chi connectivity index (χ0n) is 22.0. The van der Waals surface area contributed by atoms with Gasteiger partial charge in [-0.15, -0.1) is 0 Å². The fourth-order valence-electron chi connectivity index (χ4n) is 4.27. The van der Waals surface area contributed by atoms with E-state index in [0.717, 1.165) is 10.9 Å². The number of aliphatic carboxylic acids is 2. The van der Waals surface area contributed by atoms with Gasteiger partial charge < -0.3 is 30.5 Å². The number of aromatic carboxylic acids is 1. The quantitative estimate of drug-likeness (QED) is 0.129. The highest BCUT2D eigenvalue weighted by atomic mass is 35.5. The van der Waals surface area contributed by atoms with Gasteiger partial charge in [-0.2, -0.15) is 9.97 Å². The van der Waals surface area contributed by atoms with Gasteiger partial charge in [-0.3, -0.25) is 4.57 Å². The fraction of sp³-hybridized carbons (Fsp3) is 0.259. The van der Waals surface area contributed by atoms with Crippen molar-refractivity contribution in [2.24, 2.45) is 0 Å². The topological polar surface area (TPSA) is 200 Å². The lowest BCUT2D eigenvalue weighted by Crippen LogP contribution is -2.52. The van der Waals surface area contributed by atoms with Crippen molar-refractivity contribution in [3.05, 3.63) is 71.3 Å². The van der Waals surface area contributed by atoms with E-state index in [9.17, 15) is 29.7 Å². The maximum atomic E-state index is 15.3. The molecule has 0 spiro atoms. The minimum Gasteiger partial charge on any atom is -0.479 e. The van der Waals surface area contributed by atoms with Gasteiger partial charge >= 0.3 is 17.9 Å². The summed E-state index contributed by atoms with van der Waals surface area (Å²) >= 11 is 5.83. The molecule has 2 aromatic carbocycles. The fourth-order valence-corrected chi connectivity index (χ4v) is 4.44. The molecule has 5 N–H and O–H groups in total. The van der Waals surface area contributed by atoms with Crippen LogP contribution in [0.4, 0.5) is 10.2 Å². The van der Waals surface area contributed by atoms with Gasteiger partial charge in [-0.1, -0.05) is 36.4 Å². The number of rotatable bonds is 13. The first-order valence-electron chi connectivity index (χ1n) is 12.3. The molecule has 0 unspecified atom stereocenters. The van der Waals surface area contributed by atoms with Crippen LogP contribution < -0.4 is 5.73 Å². The van der Waals surface area contributed by atoms with Gasteiger partial charge in [-0.05, 0) is 40.4 Å². The van der Waals surface area contributed by atoms with Gasteiger partial charge in [0.15, 0.2) is 17.8 Å². The van der Waals surface area contributed by atoms with E-state index in [1.165, 1.54) is 31.4 Å². The van der Waals surface area contributed by atoms with Crippen molar-refractivity contribution in [3.8, 4) is 11.1 Å².